The van der Waals surface area contributed by atoms with Crippen LogP contribution in [0.15, 0.2) is 23.1 Å². The third-order valence-corrected chi connectivity index (χ3v) is 4.90. The molecule has 0 saturated carbocycles. The smallest absolute Gasteiger partial charge is 0.338 e. The molecular formula is C18H21F4O9S-. The van der Waals surface area contributed by atoms with Crippen molar-refractivity contribution in [1.82, 2.24) is 0 Å². The summed E-state index contributed by atoms with van der Waals surface area (Å²) < 4.78 is 94.9. The standard InChI is InChI=1S/C18H22F4O9S/c1-17(19,20)13(23)3-5-30-15(25)10-7-11(9-12(8-10)32(27,28)29)16(26)31-6-4-14(24)18(2,21)22/h7-9,13-14,23-24H,3-6H2,1-2H3,(H,27,28,29)/p-1. The number of alkyl halides is 4. The van der Waals surface area contributed by atoms with E-state index in [1.165, 1.54) is 0 Å². The Balaban J connectivity index is 2.96. The molecule has 182 valence electrons. The minimum Gasteiger partial charge on any atom is -0.744 e. The average Bonchev–Trinajstić information content (AvgIpc) is 2.64. The number of rotatable bonds is 11. The van der Waals surface area contributed by atoms with Gasteiger partial charge in [0.25, 0.3) is 11.8 Å². The molecule has 1 rings (SSSR count). The van der Waals surface area contributed by atoms with Crippen LogP contribution in [0.25, 0.3) is 0 Å². The second kappa shape index (κ2) is 10.6. The third-order valence-electron chi connectivity index (χ3n) is 4.09. The molecule has 1 aromatic rings. The Morgan fingerprint density at radius 3 is 1.53 bits per heavy atom. The van der Waals surface area contributed by atoms with Crippen LogP contribution in [0.5, 0.6) is 0 Å². The van der Waals surface area contributed by atoms with Crippen LogP contribution in [-0.4, -0.2) is 72.4 Å². The summed E-state index contributed by atoms with van der Waals surface area (Å²) in [5.41, 5.74) is -1.24. The summed E-state index contributed by atoms with van der Waals surface area (Å²) in [6, 6.07) is 1.93. The lowest BCUT2D eigenvalue weighted by molar-refractivity contribution is -0.101. The molecule has 14 heteroatoms. The lowest BCUT2D eigenvalue weighted by Crippen LogP contribution is -2.31. The molecule has 0 fully saturated rings. The van der Waals surface area contributed by atoms with E-state index < -0.39 is 88.2 Å². The molecule has 0 heterocycles. The van der Waals surface area contributed by atoms with Crippen molar-refractivity contribution in [3.8, 4) is 0 Å². The maximum Gasteiger partial charge on any atom is 0.338 e. The quantitative estimate of drug-likeness (QED) is 0.269. The van der Waals surface area contributed by atoms with Crippen LogP contribution in [0.3, 0.4) is 0 Å². The van der Waals surface area contributed by atoms with Gasteiger partial charge in [-0.05, 0) is 18.2 Å². The number of aliphatic hydroxyl groups is 2. The van der Waals surface area contributed by atoms with Crippen molar-refractivity contribution in [2.24, 2.45) is 0 Å². The monoisotopic (exact) mass is 489 g/mol. The lowest BCUT2D eigenvalue weighted by atomic mass is 10.1. The number of ether oxygens (including phenoxy) is 2. The number of hydrogen-bond acceptors (Lipinski definition) is 9. The Labute approximate surface area is 180 Å². The van der Waals surface area contributed by atoms with Crippen molar-refractivity contribution in [3.63, 3.8) is 0 Å². The van der Waals surface area contributed by atoms with E-state index in [-0.39, 0.29) is 0 Å². The molecule has 2 unspecified atom stereocenters. The fraction of sp³-hybridized carbons (Fsp3) is 0.556. The highest BCUT2D eigenvalue weighted by atomic mass is 32.2. The zero-order valence-corrected chi connectivity index (χ0v) is 17.7. The average molecular weight is 489 g/mol. The highest BCUT2D eigenvalue weighted by molar-refractivity contribution is 7.85. The van der Waals surface area contributed by atoms with Gasteiger partial charge >= 0.3 is 11.9 Å². The minimum absolute atomic E-state index is 0.445. The predicted octanol–water partition coefficient (Wildman–Crippen LogP) is 1.72. The van der Waals surface area contributed by atoms with E-state index in [2.05, 4.69) is 9.47 Å². The summed E-state index contributed by atoms with van der Waals surface area (Å²) in [7, 11) is -5.17. The van der Waals surface area contributed by atoms with Gasteiger partial charge in [0.2, 0.25) is 0 Å². The molecule has 0 aliphatic rings. The molecule has 1 aromatic carbocycles. The zero-order chi connectivity index (χ0) is 24.9. The molecular weight excluding hydrogens is 468 g/mol. The first kappa shape index (κ1) is 27.7. The van der Waals surface area contributed by atoms with Gasteiger partial charge in [-0.3, -0.25) is 0 Å². The molecule has 0 aromatic heterocycles. The van der Waals surface area contributed by atoms with E-state index in [1.54, 1.807) is 0 Å². The van der Waals surface area contributed by atoms with Crippen LogP contribution in [0.2, 0.25) is 0 Å². The van der Waals surface area contributed by atoms with Gasteiger partial charge in [0.1, 0.15) is 22.3 Å². The topological polar surface area (TPSA) is 150 Å². The Morgan fingerprint density at radius 2 is 1.25 bits per heavy atom. The van der Waals surface area contributed by atoms with Gasteiger partial charge < -0.3 is 24.2 Å². The summed E-state index contributed by atoms with van der Waals surface area (Å²) >= 11 is 0. The van der Waals surface area contributed by atoms with Gasteiger partial charge in [-0.2, -0.15) is 0 Å². The second-order valence-corrected chi connectivity index (χ2v) is 8.37. The van der Waals surface area contributed by atoms with Crippen molar-refractivity contribution in [2.75, 3.05) is 13.2 Å². The summed E-state index contributed by atoms with van der Waals surface area (Å²) in [4.78, 5) is 23.2. The molecule has 9 nitrogen and oxygen atoms in total. The third kappa shape index (κ3) is 8.68. The van der Waals surface area contributed by atoms with Gasteiger partial charge in [-0.15, -0.1) is 0 Å². The van der Waals surface area contributed by atoms with Gasteiger partial charge in [0.15, 0.2) is 0 Å². The van der Waals surface area contributed by atoms with E-state index in [0.29, 0.717) is 26.0 Å². The maximum absolute atomic E-state index is 12.9. The molecule has 32 heavy (non-hydrogen) atoms. The number of carbonyl (C=O) groups excluding carboxylic acids is 2. The van der Waals surface area contributed by atoms with Crippen LogP contribution in [0, 0.1) is 0 Å². The first-order valence-corrected chi connectivity index (χ1v) is 10.4. The molecule has 0 saturated heterocycles. The molecule has 0 bridgehead atoms. The van der Waals surface area contributed by atoms with Gasteiger partial charge in [-0.1, -0.05) is 0 Å². The maximum atomic E-state index is 12.9. The van der Waals surface area contributed by atoms with E-state index in [1.807, 2.05) is 0 Å². The van der Waals surface area contributed by atoms with Crippen LogP contribution < -0.4 is 0 Å². The molecule has 0 amide bonds. The number of esters is 2. The molecule has 0 aliphatic heterocycles. The van der Waals surface area contributed by atoms with E-state index >= 15 is 0 Å². The zero-order valence-electron chi connectivity index (χ0n) is 16.9. The van der Waals surface area contributed by atoms with E-state index in [0.717, 1.165) is 6.07 Å². The Morgan fingerprint density at radius 1 is 0.906 bits per heavy atom. The Hall–Kier alpha value is -2.29. The molecule has 0 radical (unpaired) electrons. The number of benzene rings is 1. The first-order valence-electron chi connectivity index (χ1n) is 9.00. The normalized spacial score (nSPS) is 14.5. The number of halogens is 4. The van der Waals surface area contributed by atoms with Crippen molar-refractivity contribution in [1.29, 1.82) is 0 Å². The SMILES string of the molecule is CC(F)(F)C(O)CCOC(=O)c1cc(C(=O)OCCC(O)C(C)(F)F)cc(S(=O)(=O)[O-])c1. The first-order chi connectivity index (χ1) is 14.4. The number of aliphatic hydroxyl groups excluding tert-OH is 2. The minimum atomic E-state index is -5.17. The van der Waals surface area contributed by atoms with Crippen molar-refractivity contribution < 1.29 is 59.8 Å². The number of carbonyl (C=O) groups is 2. The molecule has 0 spiro atoms. The van der Waals surface area contributed by atoms with Crippen molar-refractivity contribution >= 4 is 22.1 Å². The lowest BCUT2D eigenvalue weighted by Gasteiger charge is -2.18. The summed E-state index contributed by atoms with van der Waals surface area (Å²) in [5.74, 6) is -9.51. The number of hydrogen-bond donors (Lipinski definition) is 2. The summed E-state index contributed by atoms with van der Waals surface area (Å²) in [6.07, 6.45) is -5.57. The highest BCUT2D eigenvalue weighted by Gasteiger charge is 2.33. The fourth-order valence-electron chi connectivity index (χ4n) is 2.18. The van der Waals surface area contributed by atoms with E-state index in [4.69, 9.17) is 0 Å². The Bertz CT molecular complexity index is 867. The van der Waals surface area contributed by atoms with Crippen LogP contribution in [-0.2, 0) is 19.6 Å². The molecule has 2 N–H and O–H groups in total. The molecule has 2 atom stereocenters. The highest BCUT2D eigenvalue weighted by Crippen LogP contribution is 2.22. The van der Waals surface area contributed by atoms with E-state index in [9.17, 15) is 50.3 Å². The fourth-order valence-corrected chi connectivity index (χ4v) is 2.72. The predicted molar refractivity (Wildman–Crippen MR) is 97.5 cm³/mol. The second-order valence-electron chi connectivity index (χ2n) is 6.99. The van der Waals surface area contributed by atoms with Crippen LogP contribution >= 0.6 is 0 Å². The summed E-state index contributed by atoms with van der Waals surface area (Å²) in [6.45, 7) is -0.497. The van der Waals surface area contributed by atoms with Gasteiger partial charge in [0.05, 0.1) is 29.2 Å². The Kier molecular flexibility index (Phi) is 9.15. The van der Waals surface area contributed by atoms with Crippen LogP contribution in [0.1, 0.15) is 47.4 Å². The van der Waals surface area contributed by atoms with Crippen molar-refractivity contribution in [2.45, 2.75) is 55.6 Å². The van der Waals surface area contributed by atoms with Crippen LogP contribution in [0.4, 0.5) is 17.6 Å². The van der Waals surface area contributed by atoms with Gasteiger partial charge in [-0.25, -0.2) is 35.6 Å². The molecule has 0 aliphatic carbocycles. The van der Waals surface area contributed by atoms with Gasteiger partial charge in [0, 0.05) is 26.7 Å². The largest absolute Gasteiger partial charge is 0.744 e. The van der Waals surface area contributed by atoms with Crippen molar-refractivity contribution in [3.05, 3.63) is 29.3 Å². The summed E-state index contributed by atoms with van der Waals surface area (Å²) in [5, 5.41) is 18.4.